The summed E-state index contributed by atoms with van der Waals surface area (Å²) in [6.45, 7) is 1.70. The largest absolute Gasteiger partial charge is 0.357 e. The molecule has 0 heterocycles. The Balaban J connectivity index is 2.15. The molecule has 1 unspecified atom stereocenters. The zero-order chi connectivity index (χ0) is 21.6. The first kappa shape index (κ1) is 23.8. The number of carbonyl (C=O) groups is 2. The van der Waals surface area contributed by atoms with Gasteiger partial charge in [0.15, 0.2) is 0 Å². The zero-order valence-corrected chi connectivity index (χ0v) is 18.9. The van der Waals surface area contributed by atoms with E-state index in [4.69, 9.17) is 34.8 Å². The Morgan fingerprint density at radius 3 is 2.17 bits per heavy atom. The van der Waals surface area contributed by atoms with Crippen LogP contribution in [0.5, 0.6) is 0 Å². The number of hydrogen-bond acceptors (Lipinski definition) is 3. The standard InChI is InChI=1S/C20H20Cl3FN2O2S/c1-12(20(28)25-2)26(9-13-15(21)5-3-6-16(13)22)19(27)11-29-10-14-17(23)7-4-8-18(14)24/h3-8,12H,9-11H2,1-2H3,(H,25,28). The Labute approximate surface area is 188 Å². The fraction of sp³-hybridized carbons (Fsp3) is 0.300. The van der Waals surface area contributed by atoms with Gasteiger partial charge < -0.3 is 10.2 Å². The molecule has 2 aromatic carbocycles. The molecule has 1 N–H and O–H groups in total. The molecule has 0 aliphatic rings. The van der Waals surface area contributed by atoms with E-state index in [-0.39, 0.29) is 29.9 Å². The third-order valence-corrected chi connectivity index (χ3v) is 6.34. The molecule has 156 valence electrons. The summed E-state index contributed by atoms with van der Waals surface area (Å²) >= 11 is 19.7. The number of rotatable bonds is 8. The van der Waals surface area contributed by atoms with Gasteiger partial charge in [-0.05, 0) is 31.2 Å². The van der Waals surface area contributed by atoms with Crippen molar-refractivity contribution in [2.24, 2.45) is 0 Å². The van der Waals surface area contributed by atoms with E-state index in [1.165, 1.54) is 35.8 Å². The highest BCUT2D eigenvalue weighted by Gasteiger charge is 2.26. The first-order valence-corrected chi connectivity index (χ1v) is 11.0. The second-order valence-electron chi connectivity index (χ2n) is 6.21. The molecule has 2 rings (SSSR count). The maximum absolute atomic E-state index is 13.9. The van der Waals surface area contributed by atoms with Crippen LogP contribution in [0.25, 0.3) is 0 Å². The van der Waals surface area contributed by atoms with E-state index in [1.54, 1.807) is 31.2 Å². The lowest BCUT2D eigenvalue weighted by Gasteiger charge is -2.29. The van der Waals surface area contributed by atoms with Crippen LogP contribution in [0.2, 0.25) is 15.1 Å². The first-order valence-electron chi connectivity index (χ1n) is 8.70. The lowest BCUT2D eigenvalue weighted by molar-refractivity contribution is -0.138. The van der Waals surface area contributed by atoms with E-state index in [1.807, 2.05) is 0 Å². The number of nitrogens with one attached hydrogen (secondary N) is 1. The van der Waals surface area contributed by atoms with Gasteiger partial charge in [-0.25, -0.2) is 4.39 Å². The Hall–Kier alpha value is -1.47. The van der Waals surface area contributed by atoms with Crippen molar-refractivity contribution in [1.29, 1.82) is 0 Å². The molecule has 1 atom stereocenters. The second kappa shape index (κ2) is 11.1. The highest BCUT2D eigenvalue weighted by atomic mass is 35.5. The second-order valence-corrected chi connectivity index (χ2v) is 8.41. The summed E-state index contributed by atoms with van der Waals surface area (Å²) in [5.74, 6) is -0.769. The van der Waals surface area contributed by atoms with Crippen LogP contribution in [0.1, 0.15) is 18.1 Å². The van der Waals surface area contributed by atoms with Crippen LogP contribution in [0, 0.1) is 5.82 Å². The molecular formula is C20H20Cl3FN2O2S. The molecule has 0 fully saturated rings. The number of halogens is 4. The normalized spacial score (nSPS) is 11.8. The van der Waals surface area contributed by atoms with Crippen molar-refractivity contribution in [1.82, 2.24) is 10.2 Å². The Morgan fingerprint density at radius 1 is 1.07 bits per heavy atom. The van der Waals surface area contributed by atoms with Gasteiger partial charge in [0.05, 0.1) is 5.75 Å². The summed E-state index contributed by atoms with van der Waals surface area (Å²) in [6, 6.07) is 8.76. The third kappa shape index (κ3) is 6.25. The van der Waals surface area contributed by atoms with Gasteiger partial charge >= 0.3 is 0 Å². The summed E-state index contributed by atoms with van der Waals surface area (Å²) in [7, 11) is 1.50. The zero-order valence-electron chi connectivity index (χ0n) is 15.8. The molecule has 0 aliphatic heterocycles. The van der Waals surface area contributed by atoms with Gasteiger partial charge in [0.2, 0.25) is 11.8 Å². The van der Waals surface area contributed by atoms with Crippen LogP contribution >= 0.6 is 46.6 Å². The van der Waals surface area contributed by atoms with Gasteiger partial charge in [-0.1, -0.05) is 46.9 Å². The SMILES string of the molecule is CNC(=O)C(C)N(Cc1c(Cl)cccc1Cl)C(=O)CSCc1c(F)cccc1Cl. The van der Waals surface area contributed by atoms with Crippen molar-refractivity contribution in [3.8, 4) is 0 Å². The molecule has 29 heavy (non-hydrogen) atoms. The average molecular weight is 478 g/mol. The highest BCUT2D eigenvalue weighted by molar-refractivity contribution is 7.99. The summed E-state index contributed by atoms with van der Waals surface area (Å²) in [5, 5.41) is 3.66. The lowest BCUT2D eigenvalue weighted by atomic mass is 10.1. The molecule has 0 saturated carbocycles. The van der Waals surface area contributed by atoms with E-state index < -0.39 is 11.9 Å². The van der Waals surface area contributed by atoms with Gasteiger partial charge in [0.25, 0.3) is 0 Å². The van der Waals surface area contributed by atoms with Crippen molar-refractivity contribution in [2.75, 3.05) is 12.8 Å². The van der Waals surface area contributed by atoms with E-state index in [2.05, 4.69) is 5.32 Å². The van der Waals surface area contributed by atoms with Crippen LogP contribution in [0.4, 0.5) is 4.39 Å². The number of likely N-dealkylation sites (N-methyl/N-ethyl adjacent to an activating group) is 1. The van der Waals surface area contributed by atoms with E-state index in [0.29, 0.717) is 26.2 Å². The monoisotopic (exact) mass is 476 g/mol. The predicted molar refractivity (Wildman–Crippen MR) is 118 cm³/mol. The predicted octanol–water partition coefficient (Wildman–Crippen LogP) is 5.18. The molecule has 2 aromatic rings. The van der Waals surface area contributed by atoms with Crippen molar-refractivity contribution in [2.45, 2.75) is 25.3 Å². The molecule has 0 aromatic heterocycles. The van der Waals surface area contributed by atoms with Crippen molar-refractivity contribution in [3.05, 3.63) is 68.4 Å². The van der Waals surface area contributed by atoms with Gasteiger partial charge in [-0.15, -0.1) is 11.8 Å². The molecule has 0 aliphatic carbocycles. The minimum Gasteiger partial charge on any atom is -0.357 e. The Morgan fingerprint density at radius 2 is 1.62 bits per heavy atom. The van der Waals surface area contributed by atoms with Gasteiger partial charge in [-0.2, -0.15) is 0 Å². The van der Waals surface area contributed by atoms with E-state index in [0.717, 1.165) is 0 Å². The smallest absolute Gasteiger partial charge is 0.242 e. The first-order chi connectivity index (χ1) is 13.8. The van der Waals surface area contributed by atoms with Crippen LogP contribution < -0.4 is 5.32 Å². The Kier molecular flexibility index (Phi) is 9.08. The Bertz CT molecular complexity index is 858. The van der Waals surface area contributed by atoms with Crippen LogP contribution in [-0.2, 0) is 21.9 Å². The van der Waals surface area contributed by atoms with Crippen molar-refractivity contribution >= 4 is 58.4 Å². The molecule has 4 nitrogen and oxygen atoms in total. The minimum atomic E-state index is -0.738. The average Bonchev–Trinajstić information content (AvgIpc) is 2.68. The van der Waals surface area contributed by atoms with E-state index in [9.17, 15) is 14.0 Å². The molecule has 9 heteroatoms. The number of amides is 2. The summed E-state index contributed by atoms with van der Waals surface area (Å²) in [6.07, 6.45) is 0. The van der Waals surface area contributed by atoms with Gasteiger partial charge in [0, 0.05) is 45.5 Å². The molecule has 2 amide bonds. The number of nitrogens with zero attached hydrogens (tertiary/aromatic N) is 1. The molecule has 0 saturated heterocycles. The summed E-state index contributed by atoms with van der Waals surface area (Å²) < 4.78 is 13.9. The fourth-order valence-electron chi connectivity index (χ4n) is 2.64. The van der Waals surface area contributed by atoms with E-state index >= 15 is 0 Å². The molecule has 0 radical (unpaired) electrons. The maximum atomic E-state index is 13.9. The maximum Gasteiger partial charge on any atom is 0.242 e. The highest BCUT2D eigenvalue weighted by Crippen LogP contribution is 2.28. The number of thioether (sulfide) groups is 1. The fourth-order valence-corrected chi connectivity index (χ4v) is 4.40. The van der Waals surface area contributed by atoms with Gasteiger partial charge in [-0.3, -0.25) is 9.59 Å². The molecular weight excluding hydrogens is 458 g/mol. The quantitative estimate of drug-likeness (QED) is 0.570. The van der Waals surface area contributed by atoms with Gasteiger partial charge in [0.1, 0.15) is 11.9 Å². The topological polar surface area (TPSA) is 49.4 Å². The minimum absolute atomic E-state index is 0.0358. The third-order valence-electron chi connectivity index (χ3n) is 4.34. The lowest BCUT2D eigenvalue weighted by Crippen LogP contribution is -2.47. The van der Waals surface area contributed by atoms with Crippen LogP contribution in [0.3, 0.4) is 0 Å². The van der Waals surface area contributed by atoms with Crippen LogP contribution in [0.15, 0.2) is 36.4 Å². The number of benzene rings is 2. The molecule has 0 spiro atoms. The summed E-state index contributed by atoms with van der Waals surface area (Å²) in [5.41, 5.74) is 0.897. The number of carbonyl (C=O) groups excluding carboxylic acids is 2. The van der Waals surface area contributed by atoms with Crippen molar-refractivity contribution < 1.29 is 14.0 Å². The number of hydrogen-bond donors (Lipinski definition) is 1. The summed E-state index contributed by atoms with van der Waals surface area (Å²) in [4.78, 5) is 26.5. The van der Waals surface area contributed by atoms with Crippen molar-refractivity contribution in [3.63, 3.8) is 0 Å². The molecule has 0 bridgehead atoms. The van der Waals surface area contributed by atoms with Crippen LogP contribution in [-0.4, -0.2) is 35.6 Å².